The number of rotatable bonds is 4. The van der Waals surface area contributed by atoms with Crippen molar-refractivity contribution in [2.75, 3.05) is 18.4 Å². The second-order valence-electron chi connectivity index (χ2n) is 5.43. The third-order valence-corrected chi connectivity index (χ3v) is 5.81. The molecule has 1 aromatic heterocycles. The third kappa shape index (κ3) is 3.30. The maximum Gasteiger partial charge on any atom is 0.258 e. The summed E-state index contributed by atoms with van der Waals surface area (Å²) < 4.78 is 32.0. The summed E-state index contributed by atoms with van der Waals surface area (Å²) >= 11 is 0. The van der Waals surface area contributed by atoms with Crippen LogP contribution < -0.4 is 5.32 Å². The number of amides is 1. The van der Waals surface area contributed by atoms with Gasteiger partial charge in [0.2, 0.25) is 10.0 Å². The Hall–Kier alpha value is -2.12. The highest BCUT2D eigenvalue weighted by Gasteiger charge is 2.28. The first kappa shape index (κ1) is 15.8. The molecule has 0 radical (unpaired) electrons. The second kappa shape index (κ2) is 6.55. The molecule has 1 saturated heterocycles. The van der Waals surface area contributed by atoms with Crippen molar-refractivity contribution in [3.63, 3.8) is 0 Å². The third-order valence-electron chi connectivity index (χ3n) is 3.85. The predicted octanol–water partition coefficient (Wildman–Crippen LogP) is 2.71. The van der Waals surface area contributed by atoms with Gasteiger partial charge in [-0.1, -0.05) is 18.6 Å². The number of piperidine rings is 1. The second-order valence-corrected chi connectivity index (χ2v) is 7.33. The van der Waals surface area contributed by atoms with Crippen molar-refractivity contribution in [2.24, 2.45) is 0 Å². The van der Waals surface area contributed by atoms with Gasteiger partial charge in [0, 0.05) is 13.1 Å². The van der Waals surface area contributed by atoms with Crippen LogP contribution in [-0.2, 0) is 10.0 Å². The predicted molar refractivity (Wildman–Crippen MR) is 85.7 cm³/mol. The lowest BCUT2D eigenvalue weighted by Gasteiger charge is -2.26. The topological polar surface area (TPSA) is 79.6 Å². The van der Waals surface area contributed by atoms with E-state index in [2.05, 4.69) is 5.32 Å². The Morgan fingerprint density at radius 2 is 1.83 bits per heavy atom. The standard InChI is InChI=1S/C16H18N2O4S/c19-16(13-8-11-22-12-13)17-14-6-2-3-7-15(14)23(20,21)18-9-4-1-5-10-18/h2-3,6-8,11-12H,1,4-5,9-10H2,(H,17,19). The molecule has 0 unspecified atom stereocenters. The maximum absolute atomic E-state index is 12.8. The van der Waals surface area contributed by atoms with Gasteiger partial charge in [-0.15, -0.1) is 0 Å². The molecular formula is C16H18N2O4S. The molecular weight excluding hydrogens is 316 g/mol. The van der Waals surface area contributed by atoms with Crippen LogP contribution in [0.2, 0.25) is 0 Å². The first-order valence-corrected chi connectivity index (χ1v) is 8.96. The molecule has 1 amide bonds. The summed E-state index contributed by atoms with van der Waals surface area (Å²) in [4.78, 5) is 12.3. The van der Waals surface area contributed by atoms with Crippen molar-refractivity contribution < 1.29 is 17.6 Å². The number of nitrogens with one attached hydrogen (secondary N) is 1. The largest absolute Gasteiger partial charge is 0.472 e. The summed E-state index contributed by atoms with van der Waals surface area (Å²) in [6.45, 7) is 1.04. The van der Waals surface area contributed by atoms with Crippen LogP contribution in [0.4, 0.5) is 5.69 Å². The van der Waals surface area contributed by atoms with Crippen LogP contribution in [0.15, 0.2) is 52.2 Å². The molecule has 0 bridgehead atoms. The quantitative estimate of drug-likeness (QED) is 0.932. The van der Waals surface area contributed by atoms with Crippen molar-refractivity contribution in [3.8, 4) is 0 Å². The highest BCUT2D eigenvalue weighted by molar-refractivity contribution is 7.89. The van der Waals surface area contributed by atoms with Gasteiger partial charge >= 0.3 is 0 Å². The number of nitrogens with zero attached hydrogens (tertiary/aromatic N) is 1. The highest BCUT2D eigenvalue weighted by atomic mass is 32.2. The first-order chi connectivity index (χ1) is 11.1. The van der Waals surface area contributed by atoms with Gasteiger partial charge in [0.15, 0.2) is 0 Å². The Labute approximate surface area is 135 Å². The Bertz CT molecular complexity index is 778. The molecule has 0 spiro atoms. The van der Waals surface area contributed by atoms with Crippen molar-refractivity contribution in [1.82, 2.24) is 4.31 Å². The maximum atomic E-state index is 12.8. The lowest BCUT2D eigenvalue weighted by atomic mass is 10.2. The molecule has 1 aliphatic rings. The number of sulfonamides is 1. The zero-order valence-electron chi connectivity index (χ0n) is 12.6. The molecule has 1 aliphatic heterocycles. The van der Waals surface area contributed by atoms with E-state index in [-0.39, 0.29) is 10.6 Å². The molecule has 0 saturated carbocycles. The molecule has 7 heteroatoms. The molecule has 1 N–H and O–H groups in total. The van der Waals surface area contributed by atoms with Crippen molar-refractivity contribution in [3.05, 3.63) is 48.4 Å². The zero-order chi connectivity index (χ0) is 16.3. The molecule has 2 aromatic rings. The van der Waals surface area contributed by atoms with E-state index in [4.69, 9.17) is 4.42 Å². The van der Waals surface area contributed by atoms with Gasteiger partial charge in [0.05, 0.1) is 17.5 Å². The van der Waals surface area contributed by atoms with Gasteiger partial charge in [0.25, 0.3) is 5.91 Å². The Kier molecular flexibility index (Phi) is 4.49. The van der Waals surface area contributed by atoms with E-state index in [1.165, 1.54) is 29.0 Å². The van der Waals surface area contributed by atoms with Crippen LogP contribution in [0.3, 0.4) is 0 Å². The fourth-order valence-electron chi connectivity index (χ4n) is 2.63. The Morgan fingerprint density at radius 1 is 1.09 bits per heavy atom. The van der Waals surface area contributed by atoms with Crippen molar-refractivity contribution >= 4 is 21.6 Å². The van der Waals surface area contributed by atoms with E-state index in [9.17, 15) is 13.2 Å². The number of hydrogen-bond donors (Lipinski definition) is 1. The molecule has 1 aromatic carbocycles. The van der Waals surface area contributed by atoms with Gasteiger partial charge in [-0.2, -0.15) is 4.31 Å². The summed E-state index contributed by atoms with van der Waals surface area (Å²) in [5.74, 6) is -0.403. The molecule has 0 aliphatic carbocycles. The van der Waals surface area contributed by atoms with Crippen LogP contribution in [0, 0.1) is 0 Å². The van der Waals surface area contributed by atoms with E-state index < -0.39 is 15.9 Å². The minimum atomic E-state index is -3.61. The fraction of sp³-hybridized carbons (Fsp3) is 0.312. The molecule has 1 fully saturated rings. The van der Waals surface area contributed by atoms with Gasteiger partial charge in [-0.3, -0.25) is 4.79 Å². The van der Waals surface area contributed by atoms with E-state index in [0.29, 0.717) is 18.7 Å². The number of carbonyl (C=O) groups is 1. The summed E-state index contributed by atoms with van der Waals surface area (Å²) in [7, 11) is -3.61. The van der Waals surface area contributed by atoms with Crippen LogP contribution in [0.1, 0.15) is 29.6 Å². The van der Waals surface area contributed by atoms with E-state index in [1.807, 2.05) is 0 Å². The highest BCUT2D eigenvalue weighted by Crippen LogP contribution is 2.27. The number of carbonyl (C=O) groups excluding carboxylic acids is 1. The van der Waals surface area contributed by atoms with Crippen molar-refractivity contribution in [1.29, 1.82) is 0 Å². The molecule has 0 atom stereocenters. The molecule has 23 heavy (non-hydrogen) atoms. The SMILES string of the molecule is O=C(Nc1ccccc1S(=O)(=O)N1CCCCC1)c1ccoc1. The van der Waals surface area contributed by atoms with Gasteiger partial charge in [-0.25, -0.2) is 8.42 Å². The number of furan rings is 1. The van der Waals surface area contributed by atoms with Gasteiger partial charge in [0.1, 0.15) is 11.2 Å². The van der Waals surface area contributed by atoms with E-state index in [1.54, 1.807) is 18.2 Å². The normalized spacial score (nSPS) is 16.2. The molecule has 2 heterocycles. The van der Waals surface area contributed by atoms with Crippen LogP contribution in [0.25, 0.3) is 0 Å². The van der Waals surface area contributed by atoms with Gasteiger partial charge < -0.3 is 9.73 Å². The number of para-hydroxylation sites is 1. The lowest BCUT2D eigenvalue weighted by Crippen LogP contribution is -2.36. The van der Waals surface area contributed by atoms with Crippen molar-refractivity contribution in [2.45, 2.75) is 24.2 Å². The average Bonchev–Trinajstić information content (AvgIpc) is 3.11. The Balaban J connectivity index is 1.89. The van der Waals surface area contributed by atoms with Gasteiger partial charge in [-0.05, 0) is 31.0 Å². The lowest BCUT2D eigenvalue weighted by molar-refractivity contribution is 0.102. The summed E-state index contributed by atoms with van der Waals surface area (Å²) in [6.07, 6.45) is 5.48. The number of benzene rings is 1. The summed E-state index contributed by atoms with van der Waals surface area (Å²) in [5.41, 5.74) is 0.624. The summed E-state index contributed by atoms with van der Waals surface area (Å²) in [5, 5.41) is 2.65. The molecule has 122 valence electrons. The number of anilines is 1. The van der Waals surface area contributed by atoms with Crippen LogP contribution >= 0.6 is 0 Å². The number of hydrogen-bond acceptors (Lipinski definition) is 4. The van der Waals surface area contributed by atoms with Crippen LogP contribution in [-0.4, -0.2) is 31.7 Å². The minimum Gasteiger partial charge on any atom is -0.472 e. The van der Waals surface area contributed by atoms with E-state index in [0.717, 1.165) is 19.3 Å². The average molecular weight is 334 g/mol. The van der Waals surface area contributed by atoms with Crippen LogP contribution in [0.5, 0.6) is 0 Å². The fourth-order valence-corrected chi connectivity index (χ4v) is 4.29. The zero-order valence-corrected chi connectivity index (χ0v) is 13.4. The monoisotopic (exact) mass is 334 g/mol. The Morgan fingerprint density at radius 3 is 2.52 bits per heavy atom. The van der Waals surface area contributed by atoms with E-state index >= 15 is 0 Å². The minimum absolute atomic E-state index is 0.124. The molecule has 6 nitrogen and oxygen atoms in total. The first-order valence-electron chi connectivity index (χ1n) is 7.52. The smallest absolute Gasteiger partial charge is 0.258 e. The molecule has 3 rings (SSSR count). The summed E-state index contributed by atoms with van der Waals surface area (Å²) in [6, 6.07) is 7.99.